The van der Waals surface area contributed by atoms with Gasteiger partial charge in [-0.1, -0.05) is 54.6 Å². The largest absolute Gasteiger partial charge is 0.478 e. The number of fused-ring (bicyclic) bond motifs is 1. The second-order valence-corrected chi connectivity index (χ2v) is 5.58. The predicted octanol–water partition coefficient (Wildman–Crippen LogP) is 4.37. The number of aromatic carboxylic acids is 1. The molecule has 4 rings (SSSR count). The molecule has 24 heavy (non-hydrogen) atoms. The average Bonchev–Trinajstić information content (AvgIpc) is 3.06. The maximum absolute atomic E-state index is 11.1. The molecule has 0 radical (unpaired) electrons. The molecule has 2 heterocycles. The SMILES string of the molecule is O=C(O)c1cc2cc(-c3ccc(-c4ccccc4)cc3)ncn2c1. The summed E-state index contributed by atoms with van der Waals surface area (Å²) in [5.74, 6) is -0.938. The average molecular weight is 314 g/mol. The second kappa shape index (κ2) is 5.66. The maximum atomic E-state index is 11.1. The number of hydrogen-bond acceptors (Lipinski definition) is 2. The van der Waals surface area contributed by atoms with E-state index in [1.54, 1.807) is 23.0 Å². The van der Waals surface area contributed by atoms with Crippen LogP contribution in [0.3, 0.4) is 0 Å². The van der Waals surface area contributed by atoms with Gasteiger partial charge in [0, 0.05) is 17.3 Å². The van der Waals surface area contributed by atoms with E-state index in [9.17, 15) is 4.79 Å². The summed E-state index contributed by atoms with van der Waals surface area (Å²) in [7, 11) is 0. The number of nitrogens with zero attached hydrogens (tertiary/aromatic N) is 2. The molecular formula is C20H14N2O2. The lowest BCUT2D eigenvalue weighted by atomic mass is 10.0. The number of rotatable bonds is 3. The predicted molar refractivity (Wildman–Crippen MR) is 93.0 cm³/mol. The second-order valence-electron chi connectivity index (χ2n) is 5.58. The third-order valence-electron chi connectivity index (χ3n) is 4.02. The first kappa shape index (κ1) is 14.2. The van der Waals surface area contributed by atoms with Gasteiger partial charge in [-0.2, -0.15) is 0 Å². The molecule has 0 bridgehead atoms. The highest BCUT2D eigenvalue weighted by Gasteiger charge is 2.08. The Hall–Kier alpha value is -3.40. The van der Waals surface area contributed by atoms with Crippen LogP contribution in [0.4, 0.5) is 0 Å². The molecule has 0 unspecified atom stereocenters. The number of carbonyl (C=O) groups is 1. The van der Waals surface area contributed by atoms with Gasteiger partial charge in [0.15, 0.2) is 0 Å². The molecule has 2 aromatic carbocycles. The van der Waals surface area contributed by atoms with Gasteiger partial charge < -0.3 is 9.51 Å². The Morgan fingerprint density at radius 1 is 0.875 bits per heavy atom. The molecule has 1 N–H and O–H groups in total. The van der Waals surface area contributed by atoms with Crippen LogP contribution >= 0.6 is 0 Å². The molecule has 4 aromatic rings. The van der Waals surface area contributed by atoms with E-state index in [-0.39, 0.29) is 5.56 Å². The molecule has 0 amide bonds. The van der Waals surface area contributed by atoms with Gasteiger partial charge in [0.1, 0.15) is 0 Å². The van der Waals surface area contributed by atoms with E-state index in [2.05, 4.69) is 29.2 Å². The first-order valence-electron chi connectivity index (χ1n) is 7.57. The van der Waals surface area contributed by atoms with Gasteiger partial charge in [0.05, 0.1) is 17.6 Å². The van der Waals surface area contributed by atoms with Crippen molar-refractivity contribution in [1.29, 1.82) is 0 Å². The van der Waals surface area contributed by atoms with E-state index in [0.717, 1.165) is 22.3 Å². The third kappa shape index (κ3) is 2.54. The lowest BCUT2D eigenvalue weighted by Gasteiger charge is -2.05. The van der Waals surface area contributed by atoms with Crippen molar-refractivity contribution in [2.24, 2.45) is 0 Å². The van der Waals surface area contributed by atoms with Crippen LogP contribution in [0.1, 0.15) is 10.4 Å². The summed E-state index contributed by atoms with van der Waals surface area (Å²) >= 11 is 0. The first-order valence-corrected chi connectivity index (χ1v) is 7.57. The quantitative estimate of drug-likeness (QED) is 0.611. The van der Waals surface area contributed by atoms with Gasteiger partial charge in [0.25, 0.3) is 0 Å². The lowest BCUT2D eigenvalue weighted by Crippen LogP contribution is -1.92. The van der Waals surface area contributed by atoms with Crippen LogP contribution in [0.25, 0.3) is 27.9 Å². The Labute approximate surface area is 138 Å². The maximum Gasteiger partial charge on any atom is 0.337 e. The number of aromatic nitrogens is 2. The monoisotopic (exact) mass is 314 g/mol. The van der Waals surface area contributed by atoms with Crippen molar-refractivity contribution in [1.82, 2.24) is 9.38 Å². The molecule has 0 atom stereocenters. The van der Waals surface area contributed by atoms with Crippen molar-refractivity contribution >= 4 is 11.5 Å². The van der Waals surface area contributed by atoms with E-state index in [4.69, 9.17) is 5.11 Å². The van der Waals surface area contributed by atoms with Crippen LogP contribution in [0.5, 0.6) is 0 Å². The topological polar surface area (TPSA) is 54.6 Å². The van der Waals surface area contributed by atoms with E-state index >= 15 is 0 Å². The molecule has 0 aliphatic heterocycles. The summed E-state index contributed by atoms with van der Waals surface area (Å²) < 4.78 is 1.71. The molecule has 0 spiro atoms. The van der Waals surface area contributed by atoms with Crippen LogP contribution < -0.4 is 0 Å². The van der Waals surface area contributed by atoms with Crippen molar-refractivity contribution in [2.75, 3.05) is 0 Å². The zero-order valence-electron chi connectivity index (χ0n) is 12.8. The summed E-state index contributed by atoms with van der Waals surface area (Å²) in [4.78, 5) is 15.5. The van der Waals surface area contributed by atoms with E-state index in [0.29, 0.717) is 0 Å². The fourth-order valence-electron chi connectivity index (χ4n) is 2.75. The van der Waals surface area contributed by atoms with Gasteiger partial charge in [-0.15, -0.1) is 0 Å². The molecule has 4 nitrogen and oxygen atoms in total. The van der Waals surface area contributed by atoms with Crippen molar-refractivity contribution in [3.05, 3.63) is 84.8 Å². The smallest absolute Gasteiger partial charge is 0.337 e. The van der Waals surface area contributed by atoms with Crippen LogP contribution in [0.2, 0.25) is 0 Å². The zero-order valence-corrected chi connectivity index (χ0v) is 12.8. The van der Waals surface area contributed by atoms with Crippen molar-refractivity contribution in [3.8, 4) is 22.4 Å². The van der Waals surface area contributed by atoms with Gasteiger partial charge >= 0.3 is 5.97 Å². The molecule has 0 saturated carbocycles. The standard InChI is InChI=1S/C20H14N2O2/c23-20(24)17-10-18-11-19(21-13-22(18)12-17)16-8-6-15(7-9-16)14-4-2-1-3-5-14/h1-13H,(H,23,24). The van der Waals surface area contributed by atoms with Crippen molar-refractivity contribution < 1.29 is 9.90 Å². The van der Waals surface area contributed by atoms with Crippen LogP contribution in [-0.4, -0.2) is 20.5 Å². The Balaban J connectivity index is 1.70. The highest BCUT2D eigenvalue weighted by molar-refractivity contribution is 5.89. The molecule has 0 saturated heterocycles. The fourth-order valence-corrected chi connectivity index (χ4v) is 2.75. The van der Waals surface area contributed by atoms with Crippen LogP contribution in [0.15, 0.2) is 79.3 Å². The van der Waals surface area contributed by atoms with E-state index < -0.39 is 5.97 Å². The highest BCUT2D eigenvalue weighted by Crippen LogP contribution is 2.24. The van der Waals surface area contributed by atoms with Gasteiger partial charge in [0.2, 0.25) is 0 Å². The molecule has 0 aliphatic rings. The Morgan fingerprint density at radius 2 is 1.54 bits per heavy atom. The summed E-state index contributed by atoms with van der Waals surface area (Å²) in [6.45, 7) is 0. The minimum Gasteiger partial charge on any atom is -0.478 e. The normalized spacial score (nSPS) is 10.8. The summed E-state index contributed by atoms with van der Waals surface area (Å²) in [5.41, 5.74) is 5.20. The summed E-state index contributed by atoms with van der Waals surface area (Å²) in [5, 5.41) is 9.08. The molecule has 2 aromatic heterocycles. The van der Waals surface area contributed by atoms with Gasteiger partial charge in [-0.25, -0.2) is 9.78 Å². The van der Waals surface area contributed by atoms with Crippen LogP contribution in [-0.2, 0) is 0 Å². The molecule has 4 heteroatoms. The molecule has 116 valence electrons. The number of hydrogen-bond donors (Lipinski definition) is 1. The zero-order chi connectivity index (χ0) is 16.5. The van der Waals surface area contributed by atoms with E-state index in [1.807, 2.05) is 36.4 Å². The van der Waals surface area contributed by atoms with Gasteiger partial charge in [-0.05, 0) is 23.3 Å². The molecule has 0 fully saturated rings. The summed E-state index contributed by atoms with van der Waals surface area (Å²) in [6.07, 6.45) is 3.20. The first-order chi connectivity index (χ1) is 11.7. The minimum atomic E-state index is -0.938. The van der Waals surface area contributed by atoms with Crippen molar-refractivity contribution in [3.63, 3.8) is 0 Å². The number of carboxylic acids is 1. The molecular weight excluding hydrogens is 300 g/mol. The van der Waals surface area contributed by atoms with Gasteiger partial charge in [-0.3, -0.25) is 0 Å². The highest BCUT2D eigenvalue weighted by atomic mass is 16.4. The molecule has 0 aliphatic carbocycles. The van der Waals surface area contributed by atoms with Crippen LogP contribution in [0, 0.1) is 0 Å². The van der Waals surface area contributed by atoms with Crippen molar-refractivity contribution in [2.45, 2.75) is 0 Å². The summed E-state index contributed by atoms with van der Waals surface area (Å²) in [6, 6.07) is 21.9. The third-order valence-corrected chi connectivity index (χ3v) is 4.02. The number of carboxylic acid groups (broad SMARTS) is 1. The lowest BCUT2D eigenvalue weighted by molar-refractivity contribution is 0.0697. The van der Waals surface area contributed by atoms with E-state index in [1.165, 1.54) is 5.56 Å². The number of benzene rings is 2. The Bertz CT molecular complexity index is 1020. The minimum absolute atomic E-state index is 0.258. The Morgan fingerprint density at radius 3 is 2.25 bits per heavy atom. The fraction of sp³-hybridized carbons (Fsp3) is 0. The Kier molecular flexibility index (Phi) is 3.35.